The van der Waals surface area contributed by atoms with E-state index in [9.17, 15) is 4.79 Å². The molecule has 94 valence electrons. The molecule has 1 aromatic carbocycles. The minimum atomic E-state index is 0.520. The number of rotatable bonds is 5. The molecule has 2 N–H and O–H groups in total. The van der Waals surface area contributed by atoms with Crippen LogP contribution < -0.4 is 10.6 Å². The highest BCUT2D eigenvalue weighted by molar-refractivity contribution is 9.10. The molecule has 2 aromatic rings. The minimum absolute atomic E-state index is 0.520. The Morgan fingerprint density at radius 1 is 1.50 bits per heavy atom. The third-order valence-electron chi connectivity index (χ3n) is 2.35. The van der Waals surface area contributed by atoms with Crippen LogP contribution in [0, 0.1) is 0 Å². The molecule has 0 bridgehead atoms. The lowest BCUT2D eigenvalue weighted by Crippen LogP contribution is -2.01. The first-order valence-corrected chi connectivity index (χ1v) is 6.33. The Morgan fingerprint density at radius 3 is 3.00 bits per heavy atom. The summed E-state index contributed by atoms with van der Waals surface area (Å²) >= 11 is 3.42. The van der Waals surface area contributed by atoms with Crippen LogP contribution in [0.5, 0.6) is 0 Å². The van der Waals surface area contributed by atoms with Crippen molar-refractivity contribution in [3.8, 4) is 5.69 Å². The fraction of sp³-hybridized carbons (Fsp3) is 0.167. The number of halogens is 1. The van der Waals surface area contributed by atoms with Gasteiger partial charge in [-0.05, 0) is 25.1 Å². The molecule has 0 atom stereocenters. The zero-order chi connectivity index (χ0) is 13.0. The van der Waals surface area contributed by atoms with Crippen molar-refractivity contribution in [2.45, 2.75) is 6.92 Å². The summed E-state index contributed by atoms with van der Waals surface area (Å²) in [5.74, 6) is 0.520. The lowest BCUT2D eigenvalue weighted by molar-refractivity contribution is -0.105. The molecule has 0 aliphatic carbocycles. The minimum Gasteiger partial charge on any atom is -0.381 e. The van der Waals surface area contributed by atoms with Gasteiger partial charge in [-0.1, -0.05) is 22.0 Å². The molecule has 0 saturated heterocycles. The first kappa shape index (κ1) is 12.6. The van der Waals surface area contributed by atoms with Gasteiger partial charge in [-0.25, -0.2) is 4.68 Å². The topological polar surface area (TPSA) is 59.0 Å². The van der Waals surface area contributed by atoms with E-state index in [0.29, 0.717) is 12.2 Å². The van der Waals surface area contributed by atoms with Gasteiger partial charge in [-0.3, -0.25) is 4.79 Å². The fourth-order valence-electron chi connectivity index (χ4n) is 1.61. The normalized spacial score (nSPS) is 10.1. The molecular formula is C12H13BrN4O. The second kappa shape index (κ2) is 5.68. The van der Waals surface area contributed by atoms with Gasteiger partial charge in [0.2, 0.25) is 6.41 Å². The summed E-state index contributed by atoms with van der Waals surface area (Å²) in [5.41, 5.74) is 1.71. The van der Waals surface area contributed by atoms with Crippen molar-refractivity contribution in [3.05, 3.63) is 34.9 Å². The average Bonchev–Trinajstić information content (AvgIpc) is 2.74. The van der Waals surface area contributed by atoms with Crippen LogP contribution in [-0.2, 0) is 4.79 Å². The number of hydrogen-bond acceptors (Lipinski definition) is 3. The Morgan fingerprint density at radius 2 is 2.33 bits per heavy atom. The summed E-state index contributed by atoms with van der Waals surface area (Å²) in [7, 11) is 0. The lowest BCUT2D eigenvalue weighted by atomic mass is 10.3. The molecule has 0 saturated carbocycles. The van der Waals surface area contributed by atoms with Crippen molar-refractivity contribution >= 4 is 33.8 Å². The maximum absolute atomic E-state index is 10.5. The van der Waals surface area contributed by atoms with Gasteiger partial charge in [-0.15, -0.1) is 5.10 Å². The van der Waals surface area contributed by atoms with Gasteiger partial charge in [0, 0.05) is 11.0 Å². The van der Waals surface area contributed by atoms with E-state index in [1.165, 1.54) is 0 Å². The number of benzene rings is 1. The van der Waals surface area contributed by atoms with Gasteiger partial charge < -0.3 is 10.6 Å². The van der Waals surface area contributed by atoms with Crippen LogP contribution in [0.4, 0.5) is 11.5 Å². The van der Waals surface area contributed by atoms with Crippen LogP contribution >= 0.6 is 15.9 Å². The van der Waals surface area contributed by atoms with E-state index in [1.54, 1.807) is 4.68 Å². The Kier molecular flexibility index (Phi) is 3.99. The summed E-state index contributed by atoms with van der Waals surface area (Å²) in [4.78, 5) is 10.5. The third kappa shape index (κ3) is 2.70. The summed E-state index contributed by atoms with van der Waals surface area (Å²) in [6.07, 6.45) is 2.46. The number of carbonyl (C=O) groups excluding carboxylic acids is 1. The largest absolute Gasteiger partial charge is 0.381 e. The van der Waals surface area contributed by atoms with Crippen molar-refractivity contribution in [1.82, 2.24) is 9.78 Å². The van der Waals surface area contributed by atoms with Crippen LogP contribution in [-0.4, -0.2) is 22.7 Å². The standard InChI is InChI=1S/C12H13BrN4O/c1-2-14-11-7-17(16-12(11)15-8-18)10-5-3-4-9(13)6-10/h3-8,14H,2H2,1H3,(H,15,16,18). The van der Waals surface area contributed by atoms with Crippen LogP contribution in [0.1, 0.15) is 6.92 Å². The predicted octanol–water partition coefficient (Wildman–Crippen LogP) is 2.63. The number of nitrogens with one attached hydrogen (secondary N) is 2. The van der Waals surface area contributed by atoms with Gasteiger partial charge in [0.15, 0.2) is 5.82 Å². The van der Waals surface area contributed by atoms with Crippen LogP contribution in [0.15, 0.2) is 34.9 Å². The average molecular weight is 309 g/mol. The maximum Gasteiger partial charge on any atom is 0.212 e. The fourth-order valence-corrected chi connectivity index (χ4v) is 1.99. The smallest absolute Gasteiger partial charge is 0.212 e. The molecular weight excluding hydrogens is 296 g/mol. The predicted molar refractivity (Wildman–Crippen MR) is 75.1 cm³/mol. The highest BCUT2D eigenvalue weighted by Gasteiger charge is 2.08. The van der Waals surface area contributed by atoms with Crippen molar-refractivity contribution in [3.63, 3.8) is 0 Å². The number of aromatic nitrogens is 2. The summed E-state index contributed by atoms with van der Waals surface area (Å²) in [6, 6.07) is 7.77. The Balaban J connectivity index is 2.39. The molecule has 1 heterocycles. The molecule has 1 amide bonds. The molecule has 1 aromatic heterocycles. The number of nitrogens with zero attached hydrogens (tertiary/aromatic N) is 2. The molecule has 0 aliphatic heterocycles. The van der Waals surface area contributed by atoms with E-state index < -0.39 is 0 Å². The quantitative estimate of drug-likeness (QED) is 0.835. The van der Waals surface area contributed by atoms with Gasteiger partial charge in [0.25, 0.3) is 0 Å². The van der Waals surface area contributed by atoms with Crippen molar-refractivity contribution in [1.29, 1.82) is 0 Å². The van der Waals surface area contributed by atoms with E-state index >= 15 is 0 Å². The van der Waals surface area contributed by atoms with Crippen molar-refractivity contribution in [2.75, 3.05) is 17.2 Å². The van der Waals surface area contributed by atoms with Crippen molar-refractivity contribution in [2.24, 2.45) is 0 Å². The van der Waals surface area contributed by atoms with Crippen LogP contribution in [0.3, 0.4) is 0 Å². The lowest BCUT2D eigenvalue weighted by Gasteiger charge is -2.00. The van der Waals surface area contributed by atoms with E-state index in [4.69, 9.17) is 0 Å². The van der Waals surface area contributed by atoms with Crippen LogP contribution in [0.25, 0.3) is 5.69 Å². The van der Waals surface area contributed by atoms with Crippen LogP contribution in [0.2, 0.25) is 0 Å². The number of amides is 1. The molecule has 18 heavy (non-hydrogen) atoms. The van der Waals surface area contributed by atoms with Gasteiger partial charge in [-0.2, -0.15) is 0 Å². The first-order chi connectivity index (χ1) is 8.74. The second-order valence-electron chi connectivity index (χ2n) is 3.61. The maximum atomic E-state index is 10.5. The molecule has 5 nitrogen and oxygen atoms in total. The first-order valence-electron chi connectivity index (χ1n) is 5.54. The SMILES string of the molecule is CCNc1cn(-c2cccc(Br)c2)nc1NC=O. The second-order valence-corrected chi connectivity index (χ2v) is 4.52. The summed E-state index contributed by atoms with van der Waals surface area (Å²) < 4.78 is 2.69. The Hall–Kier alpha value is -1.82. The van der Waals surface area contributed by atoms with Crippen molar-refractivity contribution < 1.29 is 4.79 Å². The highest BCUT2D eigenvalue weighted by Crippen LogP contribution is 2.22. The van der Waals surface area contributed by atoms with E-state index in [0.717, 1.165) is 22.4 Å². The van der Waals surface area contributed by atoms with E-state index in [2.05, 4.69) is 31.7 Å². The zero-order valence-electron chi connectivity index (χ0n) is 9.85. The van der Waals surface area contributed by atoms with Gasteiger partial charge >= 0.3 is 0 Å². The number of hydrogen-bond donors (Lipinski definition) is 2. The summed E-state index contributed by atoms with van der Waals surface area (Å²) in [6.45, 7) is 2.75. The van der Waals surface area contributed by atoms with Gasteiger partial charge in [0.1, 0.15) is 0 Å². The number of anilines is 2. The molecule has 6 heteroatoms. The Bertz CT molecular complexity index is 553. The number of carbonyl (C=O) groups is 1. The van der Waals surface area contributed by atoms with E-state index in [1.807, 2.05) is 37.4 Å². The highest BCUT2D eigenvalue weighted by atomic mass is 79.9. The molecule has 0 radical (unpaired) electrons. The molecule has 0 aliphatic rings. The molecule has 2 rings (SSSR count). The molecule has 0 unspecified atom stereocenters. The third-order valence-corrected chi connectivity index (χ3v) is 2.84. The van der Waals surface area contributed by atoms with E-state index in [-0.39, 0.29) is 0 Å². The molecule has 0 spiro atoms. The monoisotopic (exact) mass is 308 g/mol. The summed E-state index contributed by atoms with van der Waals surface area (Å²) in [5, 5.41) is 10.0. The molecule has 0 fully saturated rings. The Labute approximate surface area is 113 Å². The zero-order valence-corrected chi connectivity index (χ0v) is 11.4. The van der Waals surface area contributed by atoms with Gasteiger partial charge in [0.05, 0.1) is 17.6 Å².